The maximum atomic E-state index is 13.4. The number of urea groups is 1. The van der Waals surface area contributed by atoms with Gasteiger partial charge in [-0.1, -0.05) is 77.0 Å². The highest BCUT2D eigenvalue weighted by atomic mass is 19.4. The van der Waals surface area contributed by atoms with Gasteiger partial charge in [-0.2, -0.15) is 13.2 Å². The second-order valence-electron chi connectivity index (χ2n) is 11.4. The van der Waals surface area contributed by atoms with Crippen molar-refractivity contribution in [2.75, 3.05) is 24.5 Å². The van der Waals surface area contributed by atoms with Crippen LogP contribution in [0.3, 0.4) is 0 Å². The van der Waals surface area contributed by atoms with E-state index >= 15 is 0 Å². The second-order valence-corrected chi connectivity index (χ2v) is 11.4. The van der Waals surface area contributed by atoms with Crippen molar-refractivity contribution in [1.82, 2.24) is 15.6 Å². The topological polar surface area (TPSA) is 66.5 Å². The summed E-state index contributed by atoms with van der Waals surface area (Å²) in [7, 11) is 0. The molecular formula is C36H46F6N4O2. The van der Waals surface area contributed by atoms with Gasteiger partial charge >= 0.3 is 18.6 Å². The van der Waals surface area contributed by atoms with Crippen LogP contribution >= 0.6 is 0 Å². The summed E-state index contributed by atoms with van der Waals surface area (Å²) in [6.07, 6.45) is -0.559. The van der Waals surface area contributed by atoms with E-state index in [2.05, 4.69) is 51.5 Å². The van der Waals surface area contributed by atoms with Crippen LogP contribution < -0.4 is 20.3 Å². The van der Waals surface area contributed by atoms with Crippen molar-refractivity contribution in [2.24, 2.45) is 0 Å². The minimum Gasteiger partial charge on any atom is -0.406 e. The third-order valence-corrected chi connectivity index (χ3v) is 7.93. The van der Waals surface area contributed by atoms with Gasteiger partial charge in [0.15, 0.2) is 0 Å². The number of amides is 2. The Bertz CT molecular complexity index is 1500. The molecule has 2 N–H and O–H groups in total. The average Bonchev–Trinajstić information content (AvgIpc) is 3.36. The Kier molecular flexibility index (Phi) is 13.9. The number of aromatic nitrogens is 1. The first-order valence-corrected chi connectivity index (χ1v) is 16.3. The number of hydrogen-bond acceptors (Lipinski definition) is 4. The standard InChI is InChI=1S/C34H38F6N4O2.C2H6.H2/c1-3-6-24-8-10-25(11-9-24)7-5-17-41-19-16-32(15-4-2)23-44(29-13-12-27(21-28(29)32)46-34(38,39)40)31(45)43-22-26-14-18-42-30(20-26)33(35,36)37;1-2;/h5,7-14,18,20-21,41H,3-4,6,15-17,19,22-23H2,1-2H3,(H,43,45);1-2H3;1H/b7-5+;;. The van der Waals surface area contributed by atoms with Crippen molar-refractivity contribution in [2.45, 2.75) is 84.3 Å². The number of nitrogens with one attached hydrogen (secondary N) is 2. The molecule has 1 aromatic heterocycles. The quantitative estimate of drug-likeness (QED) is 0.139. The largest absolute Gasteiger partial charge is 0.573 e. The van der Waals surface area contributed by atoms with Crippen LogP contribution in [0.5, 0.6) is 5.75 Å². The zero-order chi connectivity index (χ0) is 35.4. The van der Waals surface area contributed by atoms with E-state index in [4.69, 9.17) is 0 Å². The van der Waals surface area contributed by atoms with E-state index < -0.39 is 29.7 Å². The molecule has 3 aromatic rings. The van der Waals surface area contributed by atoms with Gasteiger partial charge in [-0.25, -0.2) is 4.79 Å². The fourth-order valence-electron chi connectivity index (χ4n) is 5.86. The number of carbonyl (C=O) groups excluding carboxylic acids is 1. The Morgan fingerprint density at radius 1 is 0.979 bits per heavy atom. The first-order valence-electron chi connectivity index (χ1n) is 16.3. The van der Waals surface area contributed by atoms with Crippen LogP contribution in [0.15, 0.2) is 66.9 Å². The van der Waals surface area contributed by atoms with E-state index in [0.717, 1.165) is 36.7 Å². The molecule has 264 valence electrons. The fraction of sp³-hybridized carbons (Fsp3) is 0.444. The zero-order valence-corrected chi connectivity index (χ0v) is 27.8. The van der Waals surface area contributed by atoms with E-state index in [-0.39, 0.29) is 25.8 Å². The van der Waals surface area contributed by atoms with Crippen LogP contribution in [0.2, 0.25) is 0 Å². The van der Waals surface area contributed by atoms with Gasteiger partial charge in [0.25, 0.3) is 0 Å². The zero-order valence-electron chi connectivity index (χ0n) is 27.8. The minimum atomic E-state index is -4.89. The highest BCUT2D eigenvalue weighted by molar-refractivity contribution is 5.95. The number of anilines is 1. The summed E-state index contributed by atoms with van der Waals surface area (Å²) < 4.78 is 82.9. The number of pyridine rings is 1. The van der Waals surface area contributed by atoms with Gasteiger partial charge in [-0.15, -0.1) is 13.2 Å². The molecule has 6 nitrogen and oxygen atoms in total. The van der Waals surface area contributed by atoms with Crippen LogP contribution in [0.25, 0.3) is 6.08 Å². The Labute approximate surface area is 280 Å². The summed E-state index contributed by atoms with van der Waals surface area (Å²) in [5.74, 6) is -0.383. The van der Waals surface area contributed by atoms with Crippen molar-refractivity contribution < 1.29 is 37.3 Å². The predicted molar refractivity (Wildman–Crippen MR) is 179 cm³/mol. The second kappa shape index (κ2) is 17.4. The molecule has 2 aromatic carbocycles. The number of hydrogen-bond donors (Lipinski definition) is 2. The van der Waals surface area contributed by atoms with Gasteiger partial charge in [0, 0.05) is 38.4 Å². The third kappa shape index (κ3) is 10.7. The van der Waals surface area contributed by atoms with E-state index in [9.17, 15) is 31.1 Å². The van der Waals surface area contributed by atoms with Crippen LogP contribution in [-0.4, -0.2) is 37.0 Å². The average molecular weight is 681 g/mol. The van der Waals surface area contributed by atoms with Crippen molar-refractivity contribution in [3.63, 3.8) is 0 Å². The number of halogens is 6. The Balaban J connectivity index is 0.00000273. The van der Waals surface area contributed by atoms with Crippen molar-refractivity contribution in [3.8, 4) is 5.75 Å². The molecule has 0 radical (unpaired) electrons. The number of ether oxygens (including phenoxy) is 1. The van der Waals surface area contributed by atoms with Crippen molar-refractivity contribution in [3.05, 3.63) is 94.8 Å². The molecule has 12 heteroatoms. The van der Waals surface area contributed by atoms with Gasteiger partial charge in [-0.05, 0) is 78.4 Å². The van der Waals surface area contributed by atoms with Gasteiger partial charge in [0.1, 0.15) is 11.4 Å². The van der Waals surface area contributed by atoms with Gasteiger partial charge in [0.05, 0.1) is 0 Å². The highest BCUT2D eigenvalue weighted by Gasteiger charge is 2.44. The number of benzene rings is 2. The van der Waals surface area contributed by atoms with E-state index in [1.165, 1.54) is 28.7 Å². The molecule has 0 saturated carbocycles. The molecule has 0 bridgehead atoms. The third-order valence-electron chi connectivity index (χ3n) is 7.93. The number of fused-ring (bicyclic) bond motifs is 1. The van der Waals surface area contributed by atoms with Crippen LogP contribution in [0, 0.1) is 0 Å². The molecule has 1 unspecified atom stereocenters. The maximum absolute atomic E-state index is 13.4. The predicted octanol–water partition coefficient (Wildman–Crippen LogP) is 9.68. The molecule has 1 aliphatic rings. The molecule has 0 spiro atoms. The smallest absolute Gasteiger partial charge is 0.406 e. The molecule has 0 fully saturated rings. The Morgan fingerprint density at radius 3 is 2.35 bits per heavy atom. The van der Waals surface area contributed by atoms with Gasteiger partial charge in [0.2, 0.25) is 0 Å². The first kappa shape index (κ1) is 38.4. The monoisotopic (exact) mass is 680 g/mol. The van der Waals surface area contributed by atoms with E-state index in [0.29, 0.717) is 43.6 Å². The normalized spacial score (nSPS) is 16.0. The summed E-state index contributed by atoms with van der Waals surface area (Å²) in [5.41, 5.74) is 1.80. The van der Waals surface area contributed by atoms with Crippen LogP contribution in [0.1, 0.15) is 82.8 Å². The Hall–Kier alpha value is -4.06. The number of nitrogens with zero attached hydrogens (tertiary/aromatic N) is 2. The number of rotatable bonds is 13. The lowest BCUT2D eigenvalue weighted by Crippen LogP contribution is -2.43. The lowest BCUT2D eigenvalue weighted by atomic mass is 9.75. The van der Waals surface area contributed by atoms with Crippen LogP contribution in [0.4, 0.5) is 36.8 Å². The lowest BCUT2D eigenvalue weighted by Gasteiger charge is -2.30. The molecule has 1 aliphatic heterocycles. The molecule has 2 amide bonds. The van der Waals surface area contributed by atoms with Gasteiger partial charge < -0.3 is 15.4 Å². The molecule has 2 heterocycles. The van der Waals surface area contributed by atoms with E-state index in [1.807, 2.05) is 32.9 Å². The Morgan fingerprint density at radius 2 is 1.71 bits per heavy atom. The molecule has 4 rings (SSSR count). The van der Waals surface area contributed by atoms with Crippen molar-refractivity contribution in [1.29, 1.82) is 0 Å². The molecular weight excluding hydrogens is 634 g/mol. The summed E-state index contributed by atoms with van der Waals surface area (Å²) >= 11 is 0. The van der Waals surface area contributed by atoms with E-state index in [1.54, 1.807) is 0 Å². The summed E-state index contributed by atoms with van der Waals surface area (Å²) in [6, 6.07) is 13.9. The van der Waals surface area contributed by atoms with Gasteiger partial charge in [-0.3, -0.25) is 9.88 Å². The summed E-state index contributed by atoms with van der Waals surface area (Å²) in [5, 5.41) is 6.03. The first-order chi connectivity index (χ1) is 22.8. The SMILES string of the molecule is CC.CCCc1ccc(/C=C/CNCCC2(CCC)CN(C(=O)NCc3ccnc(C(F)(F)F)c3)c3ccc(OC(F)(F)F)cc32)cc1.[HH]. The van der Waals surface area contributed by atoms with Crippen LogP contribution in [-0.2, 0) is 24.6 Å². The molecule has 0 aliphatic carbocycles. The number of alkyl halides is 6. The molecule has 48 heavy (non-hydrogen) atoms. The number of aryl methyl sites for hydroxylation is 1. The molecule has 0 saturated heterocycles. The maximum Gasteiger partial charge on any atom is 0.573 e. The number of carbonyl (C=O) groups is 1. The highest BCUT2D eigenvalue weighted by Crippen LogP contribution is 2.47. The van der Waals surface area contributed by atoms with Crippen molar-refractivity contribution >= 4 is 17.8 Å². The summed E-state index contributed by atoms with van der Waals surface area (Å²) in [6.45, 7) is 9.18. The lowest BCUT2D eigenvalue weighted by molar-refractivity contribution is -0.274. The molecule has 1 atom stereocenters. The minimum absolute atomic E-state index is 0. The summed E-state index contributed by atoms with van der Waals surface area (Å²) in [4.78, 5) is 18.2. The fourth-order valence-corrected chi connectivity index (χ4v) is 5.86.